The smallest absolute Gasteiger partial charge is 0.124 e. The second kappa shape index (κ2) is 5.74. The minimum Gasteiger partial charge on any atom is -0.487 e. The lowest BCUT2D eigenvalue weighted by Gasteiger charge is -2.38. The van der Waals surface area contributed by atoms with Gasteiger partial charge in [-0.15, -0.1) is 0 Å². The molecule has 110 valence electrons. The molecule has 0 aromatic heterocycles. The van der Waals surface area contributed by atoms with E-state index < -0.39 is 0 Å². The van der Waals surface area contributed by atoms with Gasteiger partial charge in [-0.25, -0.2) is 0 Å². The van der Waals surface area contributed by atoms with Gasteiger partial charge in [0.15, 0.2) is 0 Å². The summed E-state index contributed by atoms with van der Waals surface area (Å²) >= 11 is 0. The SMILES string of the molecule is CC1(C)CC(NCC2CCCOC2)c2ccccc2O1. The molecule has 1 fully saturated rings. The van der Waals surface area contributed by atoms with Crippen molar-refractivity contribution < 1.29 is 9.47 Å². The summed E-state index contributed by atoms with van der Waals surface area (Å²) in [4.78, 5) is 0. The van der Waals surface area contributed by atoms with Crippen LogP contribution >= 0.6 is 0 Å². The molecule has 0 aliphatic carbocycles. The summed E-state index contributed by atoms with van der Waals surface area (Å²) in [5, 5.41) is 3.74. The summed E-state index contributed by atoms with van der Waals surface area (Å²) in [5.41, 5.74) is 1.19. The average molecular weight is 275 g/mol. The fraction of sp³-hybridized carbons (Fsp3) is 0.647. The van der Waals surface area contributed by atoms with Gasteiger partial charge in [-0.3, -0.25) is 0 Å². The Morgan fingerprint density at radius 2 is 2.15 bits per heavy atom. The van der Waals surface area contributed by atoms with Crippen molar-refractivity contribution in [1.29, 1.82) is 0 Å². The van der Waals surface area contributed by atoms with Crippen molar-refractivity contribution in [1.82, 2.24) is 5.32 Å². The number of nitrogens with one attached hydrogen (secondary N) is 1. The van der Waals surface area contributed by atoms with E-state index in [2.05, 4.69) is 37.4 Å². The second-order valence-corrected chi connectivity index (χ2v) is 6.65. The highest BCUT2D eigenvalue weighted by Gasteiger charge is 2.33. The van der Waals surface area contributed by atoms with Crippen molar-refractivity contribution in [2.75, 3.05) is 19.8 Å². The number of rotatable bonds is 3. The first-order valence-corrected chi connectivity index (χ1v) is 7.73. The van der Waals surface area contributed by atoms with Crippen LogP contribution in [0.3, 0.4) is 0 Å². The molecule has 0 saturated carbocycles. The maximum Gasteiger partial charge on any atom is 0.124 e. The lowest BCUT2D eigenvalue weighted by atomic mass is 9.89. The highest BCUT2D eigenvalue weighted by atomic mass is 16.5. The van der Waals surface area contributed by atoms with E-state index in [1.54, 1.807) is 0 Å². The number of benzene rings is 1. The van der Waals surface area contributed by atoms with Gasteiger partial charge in [0.05, 0.1) is 6.61 Å². The van der Waals surface area contributed by atoms with Crippen LogP contribution in [0.5, 0.6) is 5.75 Å². The highest BCUT2D eigenvalue weighted by Crippen LogP contribution is 2.39. The molecule has 1 aromatic rings. The first-order chi connectivity index (χ1) is 9.64. The molecular weight excluding hydrogens is 250 g/mol. The Labute approximate surface area is 121 Å². The third-order valence-corrected chi connectivity index (χ3v) is 4.28. The normalized spacial score (nSPS) is 28.5. The zero-order valence-corrected chi connectivity index (χ0v) is 12.5. The molecular formula is C17H25NO2. The summed E-state index contributed by atoms with van der Waals surface area (Å²) in [6.45, 7) is 7.21. The summed E-state index contributed by atoms with van der Waals surface area (Å²) < 4.78 is 11.6. The Kier molecular flexibility index (Phi) is 3.99. The number of hydrogen-bond acceptors (Lipinski definition) is 3. The molecule has 2 heterocycles. The molecule has 2 atom stereocenters. The van der Waals surface area contributed by atoms with Gasteiger partial charge in [0, 0.05) is 31.2 Å². The molecule has 2 unspecified atom stereocenters. The number of fused-ring (bicyclic) bond motifs is 1. The Balaban J connectivity index is 1.68. The number of hydrogen-bond donors (Lipinski definition) is 1. The summed E-state index contributed by atoms with van der Waals surface area (Å²) in [6, 6.07) is 8.79. The van der Waals surface area contributed by atoms with E-state index in [0.717, 1.165) is 31.9 Å². The van der Waals surface area contributed by atoms with E-state index in [-0.39, 0.29) is 5.60 Å². The van der Waals surface area contributed by atoms with Crippen LogP contribution in [0.25, 0.3) is 0 Å². The number of para-hydroxylation sites is 1. The monoisotopic (exact) mass is 275 g/mol. The van der Waals surface area contributed by atoms with Crippen LogP contribution in [-0.4, -0.2) is 25.4 Å². The first-order valence-electron chi connectivity index (χ1n) is 7.73. The summed E-state index contributed by atoms with van der Waals surface area (Å²) in [7, 11) is 0. The fourth-order valence-electron chi connectivity index (χ4n) is 3.26. The van der Waals surface area contributed by atoms with Gasteiger partial charge in [0.2, 0.25) is 0 Å². The maximum absolute atomic E-state index is 6.08. The number of ether oxygens (including phenoxy) is 2. The lowest BCUT2D eigenvalue weighted by molar-refractivity contribution is 0.0450. The highest BCUT2D eigenvalue weighted by molar-refractivity contribution is 5.38. The van der Waals surface area contributed by atoms with E-state index in [1.165, 1.54) is 18.4 Å². The first kappa shape index (κ1) is 13.9. The van der Waals surface area contributed by atoms with E-state index >= 15 is 0 Å². The Bertz CT molecular complexity index is 452. The lowest BCUT2D eigenvalue weighted by Crippen LogP contribution is -2.41. The van der Waals surface area contributed by atoms with Crippen LogP contribution < -0.4 is 10.1 Å². The van der Waals surface area contributed by atoms with Crippen molar-refractivity contribution in [2.24, 2.45) is 5.92 Å². The second-order valence-electron chi connectivity index (χ2n) is 6.65. The Hall–Kier alpha value is -1.06. The predicted octanol–water partition coefficient (Wildman–Crippen LogP) is 3.31. The van der Waals surface area contributed by atoms with Crippen LogP contribution in [0.2, 0.25) is 0 Å². The quantitative estimate of drug-likeness (QED) is 0.918. The van der Waals surface area contributed by atoms with Gasteiger partial charge < -0.3 is 14.8 Å². The molecule has 1 saturated heterocycles. The van der Waals surface area contributed by atoms with E-state index in [9.17, 15) is 0 Å². The average Bonchev–Trinajstić information content (AvgIpc) is 2.45. The molecule has 0 radical (unpaired) electrons. The van der Waals surface area contributed by atoms with Gasteiger partial charge in [-0.1, -0.05) is 18.2 Å². The molecule has 3 rings (SSSR count). The van der Waals surface area contributed by atoms with Crippen molar-refractivity contribution in [3.8, 4) is 5.75 Å². The third-order valence-electron chi connectivity index (χ3n) is 4.28. The molecule has 1 aromatic carbocycles. The van der Waals surface area contributed by atoms with Crippen molar-refractivity contribution in [3.05, 3.63) is 29.8 Å². The van der Waals surface area contributed by atoms with Crippen LogP contribution in [0.1, 0.15) is 44.7 Å². The van der Waals surface area contributed by atoms with E-state index in [1.807, 2.05) is 6.07 Å². The van der Waals surface area contributed by atoms with Crippen molar-refractivity contribution in [2.45, 2.75) is 44.8 Å². The minimum absolute atomic E-state index is 0.102. The minimum atomic E-state index is -0.102. The van der Waals surface area contributed by atoms with E-state index in [0.29, 0.717) is 12.0 Å². The Morgan fingerprint density at radius 3 is 2.95 bits per heavy atom. The summed E-state index contributed by atoms with van der Waals surface area (Å²) in [6.07, 6.45) is 3.49. The van der Waals surface area contributed by atoms with Crippen LogP contribution in [0.15, 0.2) is 24.3 Å². The fourth-order valence-corrected chi connectivity index (χ4v) is 3.26. The van der Waals surface area contributed by atoms with Gasteiger partial charge in [0.1, 0.15) is 11.4 Å². The van der Waals surface area contributed by atoms with Crippen molar-refractivity contribution >= 4 is 0 Å². The molecule has 2 aliphatic rings. The zero-order valence-electron chi connectivity index (χ0n) is 12.5. The molecule has 2 aliphatic heterocycles. The van der Waals surface area contributed by atoms with Gasteiger partial charge in [0.25, 0.3) is 0 Å². The van der Waals surface area contributed by atoms with Crippen LogP contribution in [0, 0.1) is 5.92 Å². The standard InChI is InChI=1S/C17H25NO2/c1-17(2)10-15(14-7-3-4-8-16(14)20-17)18-11-13-6-5-9-19-12-13/h3-4,7-8,13,15,18H,5-6,9-12H2,1-2H3. The van der Waals surface area contributed by atoms with Crippen LogP contribution in [-0.2, 0) is 4.74 Å². The molecule has 0 amide bonds. The van der Waals surface area contributed by atoms with Crippen LogP contribution in [0.4, 0.5) is 0 Å². The maximum atomic E-state index is 6.08. The molecule has 0 bridgehead atoms. The largest absolute Gasteiger partial charge is 0.487 e. The topological polar surface area (TPSA) is 30.5 Å². The molecule has 3 heteroatoms. The molecule has 20 heavy (non-hydrogen) atoms. The molecule has 0 spiro atoms. The molecule has 3 nitrogen and oxygen atoms in total. The van der Waals surface area contributed by atoms with E-state index in [4.69, 9.17) is 9.47 Å². The van der Waals surface area contributed by atoms with Crippen molar-refractivity contribution in [3.63, 3.8) is 0 Å². The van der Waals surface area contributed by atoms with Gasteiger partial charge in [-0.05, 0) is 38.7 Å². The predicted molar refractivity (Wildman–Crippen MR) is 80.1 cm³/mol. The zero-order chi connectivity index (χ0) is 14.0. The third kappa shape index (κ3) is 3.15. The van der Waals surface area contributed by atoms with Gasteiger partial charge >= 0.3 is 0 Å². The molecule has 1 N–H and O–H groups in total. The Morgan fingerprint density at radius 1 is 1.30 bits per heavy atom. The van der Waals surface area contributed by atoms with Gasteiger partial charge in [-0.2, -0.15) is 0 Å². The summed E-state index contributed by atoms with van der Waals surface area (Å²) in [5.74, 6) is 1.68.